The molecule has 0 bridgehead atoms. The van der Waals surface area contributed by atoms with Gasteiger partial charge in [-0.1, -0.05) is 22.0 Å². The predicted molar refractivity (Wildman–Crippen MR) is 69.4 cm³/mol. The standard InChI is InChI=1S/C13H17BrFNO/c1-17-12-4-6-16(7-5-12)9-10-2-3-11(14)8-13(10)15/h2-3,8,12H,4-7,9H2,1H3. The van der Waals surface area contributed by atoms with Crippen LogP contribution in [0.15, 0.2) is 22.7 Å². The number of ether oxygens (including phenoxy) is 1. The van der Waals surface area contributed by atoms with Crippen molar-refractivity contribution in [1.29, 1.82) is 0 Å². The summed E-state index contributed by atoms with van der Waals surface area (Å²) in [5.41, 5.74) is 0.768. The molecule has 0 unspecified atom stereocenters. The predicted octanol–water partition coefficient (Wildman–Crippen LogP) is 3.20. The lowest BCUT2D eigenvalue weighted by Crippen LogP contribution is -2.36. The minimum atomic E-state index is -0.131. The average Bonchev–Trinajstić information content (AvgIpc) is 2.34. The third kappa shape index (κ3) is 3.50. The van der Waals surface area contributed by atoms with E-state index in [1.54, 1.807) is 7.11 Å². The quantitative estimate of drug-likeness (QED) is 0.850. The van der Waals surface area contributed by atoms with Crippen LogP contribution < -0.4 is 0 Å². The Balaban J connectivity index is 1.93. The third-order valence-corrected chi connectivity index (χ3v) is 3.77. The topological polar surface area (TPSA) is 12.5 Å². The molecule has 1 heterocycles. The van der Waals surface area contributed by atoms with Crippen LogP contribution in [0, 0.1) is 5.82 Å². The number of rotatable bonds is 3. The second-order valence-electron chi connectivity index (χ2n) is 4.45. The summed E-state index contributed by atoms with van der Waals surface area (Å²) in [7, 11) is 1.76. The average molecular weight is 302 g/mol. The highest BCUT2D eigenvalue weighted by Gasteiger charge is 2.19. The van der Waals surface area contributed by atoms with E-state index < -0.39 is 0 Å². The molecule has 17 heavy (non-hydrogen) atoms. The summed E-state index contributed by atoms with van der Waals surface area (Å²) in [4.78, 5) is 2.28. The van der Waals surface area contributed by atoms with Crippen molar-refractivity contribution in [3.63, 3.8) is 0 Å². The lowest BCUT2D eigenvalue weighted by Gasteiger charge is -2.31. The van der Waals surface area contributed by atoms with E-state index in [4.69, 9.17) is 4.74 Å². The van der Waals surface area contributed by atoms with Gasteiger partial charge in [0, 0.05) is 36.8 Å². The van der Waals surface area contributed by atoms with Crippen LogP contribution in [0.2, 0.25) is 0 Å². The molecular weight excluding hydrogens is 285 g/mol. The number of hydrogen-bond acceptors (Lipinski definition) is 2. The molecule has 1 aliphatic heterocycles. The zero-order valence-electron chi connectivity index (χ0n) is 9.96. The normalized spacial score (nSPS) is 18.5. The Morgan fingerprint density at radius 2 is 2.12 bits per heavy atom. The summed E-state index contributed by atoms with van der Waals surface area (Å²) >= 11 is 3.27. The molecule has 0 N–H and O–H groups in total. The highest BCUT2D eigenvalue weighted by Crippen LogP contribution is 2.19. The molecule has 0 saturated carbocycles. The Bertz CT molecular complexity index is 378. The fraction of sp³-hybridized carbons (Fsp3) is 0.538. The van der Waals surface area contributed by atoms with Gasteiger partial charge >= 0.3 is 0 Å². The van der Waals surface area contributed by atoms with Gasteiger partial charge in [0.05, 0.1) is 6.10 Å². The van der Waals surface area contributed by atoms with Gasteiger partial charge in [0.2, 0.25) is 0 Å². The molecule has 1 saturated heterocycles. The maximum absolute atomic E-state index is 13.7. The number of likely N-dealkylation sites (tertiary alicyclic amines) is 1. The van der Waals surface area contributed by atoms with Gasteiger partial charge in [-0.15, -0.1) is 0 Å². The van der Waals surface area contributed by atoms with E-state index in [-0.39, 0.29) is 5.82 Å². The maximum Gasteiger partial charge on any atom is 0.128 e. The van der Waals surface area contributed by atoms with Crippen molar-refractivity contribution in [3.05, 3.63) is 34.1 Å². The molecule has 0 spiro atoms. The van der Waals surface area contributed by atoms with Gasteiger partial charge in [0.1, 0.15) is 5.82 Å². The first kappa shape index (κ1) is 13.0. The second-order valence-corrected chi connectivity index (χ2v) is 5.36. The van der Waals surface area contributed by atoms with Gasteiger partial charge in [-0.05, 0) is 25.0 Å². The van der Waals surface area contributed by atoms with Crippen LogP contribution in [0.25, 0.3) is 0 Å². The molecule has 1 aromatic carbocycles. The zero-order valence-corrected chi connectivity index (χ0v) is 11.5. The molecule has 0 radical (unpaired) electrons. The number of methoxy groups -OCH3 is 1. The monoisotopic (exact) mass is 301 g/mol. The van der Waals surface area contributed by atoms with Gasteiger partial charge in [-0.3, -0.25) is 4.90 Å². The van der Waals surface area contributed by atoms with Crippen LogP contribution in [0.5, 0.6) is 0 Å². The zero-order chi connectivity index (χ0) is 12.3. The van der Waals surface area contributed by atoms with Crippen molar-refractivity contribution in [2.24, 2.45) is 0 Å². The lowest BCUT2D eigenvalue weighted by molar-refractivity contribution is 0.0386. The molecule has 1 fully saturated rings. The van der Waals surface area contributed by atoms with E-state index >= 15 is 0 Å². The van der Waals surface area contributed by atoms with Crippen molar-refractivity contribution in [3.8, 4) is 0 Å². The van der Waals surface area contributed by atoms with E-state index in [1.807, 2.05) is 12.1 Å². The van der Waals surface area contributed by atoms with Crippen molar-refractivity contribution in [2.75, 3.05) is 20.2 Å². The maximum atomic E-state index is 13.7. The highest BCUT2D eigenvalue weighted by molar-refractivity contribution is 9.10. The van der Waals surface area contributed by atoms with Crippen molar-refractivity contribution < 1.29 is 9.13 Å². The molecule has 2 rings (SSSR count). The van der Waals surface area contributed by atoms with Crippen LogP contribution in [0.4, 0.5) is 4.39 Å². The molecule has 94 valence electrons. The Morgan fingerprint density at radius 1 is 1.41 bits per heavy atom. The van der Waals surface area contributed by atoms with Crippen LogP contribution in [-0.4, -0.2) is 31.2 Å². The number of benzene rings is 1. The first-order valence-corrected chi connectivity index (χ1v) is 6.67. The van der Waals surface area contributed by atoms with E-state index in [9.17, 15) is 4.39 Å². The first-order chi connectivity index (χ1) is 8.19. The second kappa shape index (κ2) is 5.94. The molecule has 1 aliphatic rings. The Labute approximate surface area is 110 Å². The van der Waals surface area contributed by atoms with Crippen LogP contribution >= 0.6 is 15.9 Å². The SMILES string of the molecule is COC1CCN(Cc2ccc(Br)cc2F)CC1. The van der Waals surface area contributed by atoms with Gasteiger partial charge in [0.15, 0.2) is 0 Å². The summed E-state index contributed by atoms with van der Waals surface area (Å²) in [6.07, 6.45) is 2.45. The van der Waals surface area contributed by atoms with Gasteiger partial charge in [-0.25, -0.2) is 4.39 Å². The Hall–Kier alpha value is -0.450. The van der Waals surface area contributed by atoms with Gasteiger partial charge in [0.25, 0.3) is 0 Å². The summed E-state index contributed by atoms with van der Waals surface area (Å²) in [6.45, 7) is 2.65. The van der Waals surface area contributed by atoms with Crippen LogP contribution in [-0.2, 0) is 11.3 Å². The minimum absolute atomic E-state index is 0.131. The summed E-state index contributed by atoms with van der Waals surface area (Å²) < 4.78 is 19.8. The molecule has 1 aromatic rings. The number of piperidine rings is 1. The summed E-state index contributed by atoms with van der Waals surface area (Å²) in [6, 6.07) is 5.26. The molecule has 0 aliphatic carbocycles. The smallest absolute Gasteiger partial charge is 0.128 e. The first-order valence-electron chi connectivity index (χ1n) is 5.88. The van der Waals surface area contributed by atoms with Crippen molar-refractivity contribution in [1.82, 2.24) is 4.90 Å². The molecule has 0 aromatic heterocycles. The number of nitrogens with zero attached hydrogens (tertiary/aromatic N) is 1. The van der Waals surface area contributed by atoms with E-state index in [2.05, 4.69) is 20.8 Å². The fourth-order valence-corrected chi connectivity index (χ4v) is 2.53. The minimum Gasteiger partial charge on any atom is -0.381 e. The van der Waals surface area contributed by atoms with Crippen LogP contribution in [0.3, 0.4) is 0 Å². The largest absolute Gasteiger partial charge is 0.381 e. The molecule has 2 nitrogen and oxygen atoms in total. The Kier molecular flexibility index (Phi) is 4.54. The van der Waals surface area contributed by atoms with E-state index in [0.717, 1.165) is 36.0 Å². The van der Waals surface area contributed by atoms with Crippen LogP contribution in [0.1, 0.15) is 18.4 Å². The van der Waals surface area contributed by atoms with E-state index in [1.165, 1.54) is 6.07 Å². The van der Waals surface area contributed by atoms with Gasteiger partial charge < -0.3 is 4.74 Å². The number of hydrogen-bond donors (Lipinski definition) is 0. The fourth-order valence-electron chi connectivity index (χ4n) is 2.19. The Morgan fingerprint density at radius 3 is 2.71 bits per heavy atom. The highest BCUT2D eigenvalue weighted by atomic mass is 79.9. The van der Waals surface area contributed by atoms with Crippen molar-refractivity contribution >= 4 is 15.9 Å². The summed E-state index contributed by atoms with van der Waals surface area (Å²) in [5, 5.41) is 0. The molecule has 4 heteroatoms. The van der Waals surface area contributed by atoms with E-state index in [0.29, 0.717) is 12.6 Å². The van der Waals surface area contributed by atoms with Gasteiger partial charge in [-0.2, -0.15) is 0 Å². The summed E-state index contributed by atoms with van der Waals surface area (Å²) in [5.74, 6) is -0.131. The molecule has 0 amide bonds. The van der Waals surface area contributed by atoms with Crippen molar-refractivity contribution in [2.45, 2.75) is 25.5 Å². The third-order valence-electron chi connectivity index (χ3n) is 3.28. The lowest BCUT2D eigenvalue weighted by atomic mass is 10.1. The molecule has 0 atom stereocenters. The molecular formula is C13H17BrFNO. The number of halogens is 2.